The van der Waals surface area contributed by atoms with Crippen LogP contribution in [0.15, 0.2) is 48.7 Å². The fourth-order valence-electron chi connectivity index (χ4n) is 1.50. The molecule has 0 atom stereocenters. The molecule has 0 aliphatic carbocycles. The Kier molecular flexibility index (Phi) is 4.47. The molecule has 1 amide bonds. The molecule has 0 fully saturated rings. The van der Waals surface area contributed by atoms with Gasteiger partial charge in [-0.2, -0.15) is 0 Å². The molecule has 0 spiro atoms. The highest BCUT2D eigenvalue weighted by Crippen LogP contribution is 2.13. The summed E-state index contributed by atoms with van der Waals surface area (Å²) >= 11 is 0. The van der Waals surface area contributed by atoms with Gasteiger partial charge in [0.25, 0.3) is 5.91 Å². The second-order valence-corrected chi connectivity index (χ2v) is 3.86. The first kappa shape index (κ1) is 13.0. The van der Waals surface area contributed by atoms with Crippen LogP contribution >= 0.6 is 0 Å². The van der Waals surface area contributed by atoms with Gasteiger partial charge in [-0.25, -0.2) is 4.98 Å². The smallest absolute Gasteiger partial charge is 0.263 e. The second-order valence-electron chi connectivity index (χ2n) is 3.86. The number of nitrogens with one attached hydrogen (secondary N) is 1. The number of carbonyl (C=O) groups excluding carboxylic acids is 1. The molecule has 0 saturated heterocycles. The van der Waals surface area contributed by atoms with Crippen molar-refractivity contribution < 1.29 is 14.6 Å². The van der Waals surface area contributed by atoms with Crippen LogP contribution in [0.3, 0.4) is 0 Å². The van der Waals surface area contributed by atoms with Crippen LogP contribution in [-0.4, -0.2) is 22.6 Å². The summed E-state index contributed by atoms with van der Waals surface area (Å²) in [5, 5.41) is 11.6. The van der Waals surface area contributed by atoms with E-state index < -0.39 is 0 Å². The van der Waals surface area contributed by atoms with E-state index in [1.54, 1.807) is 48.7 Å². The predicted octanol–water partition coefficient (Wildman–Crippen LogP) is 1.59. The van der Waals surface area contributed by atoms with Crippen LogP contribution in [0.25, 0.3) is 0 Å². The van der Waals surface area contributed by atoms with Gasteiger partial charge < -0.3 is 15.2 Å². The van der Waals surface area contributed by atoms with Crippen LogP contribution in [0.4, 0.5) is 5.82 Å². The van der Waals surface area contributed by atoms with Crippen molar-refractivity contribution in [3.63, 3.8) is 0 Å². The SMILES string of the molecule is O=C(COc1cccc(CO)c1)Nc1ccccn1. The van der Waals surface area contributed by atoms with Gasteiger partial charge in [0.05, 0.1) is 6.61 Å². The van der Waals surface area contributed by atoms with Crippen LogP contribution < -0.4 is 10.1 Å². The Morgan fingerprint density at radius 3 is 2.89 bits per heavy atom. The summed E-state index contributed by atoms with van der Waals surface area (Å²) in [5.41, 5.74) is 0.739. The van der Waals surface area contributed by atoms with E-state index in [9.17, 15) is 4.79 Å². The Bertz CT molecular complexity index is 543. The number of rotatable bonds is 5. The van der Waals surface area contributed by atoms with Gasteiger partial charge in [-0.3, -0.25) is 4.79 Å². The van der Waals surface area contributed by atoms with E-state index >= 15 is 0 Å². The highest BCUT2D eigenvalue weighted by atomic mass is 16.5. The standard InChI is InChI=1S/C14H14N2O3/c17-9-11-4-3-5-12(8-11)19-10-14(18)16-13-6-1-2-7-15-13/h1-8,17H,9-10H2,(H,15,16,18). The van der Waals surface area contributed by atoms with E-state index in [0.29, 0.717) is 11.6 Å². The minimum Gasteiger partial charge on any atom is -0.484 e. The minimum atomic E-state index is -0.284. The molecule has 19 heavy (non-hydrogen) atoms. The first-order valence-corrected chi connectivity index (χ1v) is 5.81. The second kappa shape index (κ2) is 6.51. The van der Waals surface area contributed by atoms with Crippen molar-refractivity contribution in [2.75, 3.05) is 11.9 Å². The van der Waals surface area contributed by atoms with Crippen molar-refractivity contribution in [2.24, 2.45) is 0 Å². The number of benzene rings is 1. The monoisotopic (exact) mass is 258 g/mol. The van der Waals surface area contributed by atoms with Crippen LogP contribution in [0.5, 0.6) is 5.75 Å². The van der Waals surface area contributed by atoms with Crippen LogP contribution in [0.2, 0.25) is 0 Å². The lowest BCUT2D eigenvalue weighted by molar-refractivity contribution is -0.118. The Hall–Kier alpha value is -2.40. The van der Waals surface area contributed by atoms with Crippen molar-refractivity contribution in [3.05, 3.63) is 54.2 Å². The van der Waals surface area contributed by atoms with Crippen molar-refractivity contribution in [1.82, 2.24) is 4.98 Å². The molecule has 0 radical (unpaired) electrons. The average molecular weight is 258 g/mol. The fraction of sp³-hybridized carbons (Fsp3) is 0.143. The predicted molar refractivity (Wildman–Crippen MR) is 70.7 cm³/mol. The summed E-state index contributed by atoms with van der Waals surface area (Å²) in [6.45, 7) is -0.164. The first-order chi connectivity index (χ1) is 9.28. The number of hydrogen-bond acceptors (Lipinski definition) is 4. The molecule has 0 aliphatic heterocycles. The maximum Gasteiger partial charge on any atom is 0.263 e. The van der Waals surface area contributed by atoms with Gasteiger partial charge in [-0.1, -0.05) is 18.2 Å². The molecule has 5 nitrogen and oxygen atoms in total. The number of carbonyl (C=O) groups is 1. The molecule has 1 aromatic heterocycles. The molecule has 0 unspecified atom stereocenters. The normalized spacial score (nSPS) is 9.95. The zero-order valence-corrected chi connectivity index (χ0v) is 10.2. The lowest BCUT2D eigenvalue weighted by atomic mass is 10.2. The number of ether oxygens (including phenoxy) is 1. The molecule has 0 aliphatic rings. The average Bonchev–Trinajstić information content (AvgIpc) is 2.46. The summed E-state index contributed by atoms with van der Waals surface area (Å²) in [5.74, 6) is 0.746. The summed E-state index contributed by atoms with van der Waals surface area (Å²) in [6.07, 6.45) is 1.60. The molecule has 0 bridgehead atoms. The van der Waals surface area contributed by atoms with E-state index in [0.717, 1.165) is 5.56 Å². The molecular weight excluding hydrogens is 244 g/mol. The van der Waals surface area contributed by atoms with Gasteiger partial charge in [-0.05, 0) is 29.8 Å². The van der Waals surface area contributed by atoms with Crippen LogP contribution in [0, 0.1) is 0 Å². The number of pyridine rings is 1. The van der Waals surface area contributed by atoms with Gasteiger partial charge >= 0.3 is 0 Å². The molecule has 0 saturated carbocycles. The molecule has 2 aromatic rings. The van der Waals surface area contributed by atoms with Crippen molar-refractivity contribution in [3.8, 4) is 5.75 Å². The van der Waals surface area contributed by atoms with E-state index in [1.165, 1.54) is 0 Å². The van der Waals surface area contributed by atoms with Crippen LogP contribution in [-0.2, 0) is 11.4 Å². The van der Waals surface area contributed by atoms with Gasteiger partial charge in [0.15, 0.2) is 6.61 Å². The zero-order chi connectivity index (χ0) is 13.5. The molecule has 1 aromatic carbocycles. The Morgan fingerprint density at radius 1 is 1.26 bits per heavy atom. The molecule has 1 heterocycles. The number of aliphatic hydroxyl groups is 1. The number of anilines is 1. The number of nitrogens with zero attached hydrogens (tertiary/aromatic N) is 1. The van der Waals surface area contributed by atoms with Crippen LogP contribution in [0.1, 0.15) is 5.56 Å². The maximum absolute atomic E-state index is 11.6. The van der Waals surface area contributed by atoms with Crippen molar-refractivity contribution >= 4 is 11.7 Å². The third-order valence-corrected chi connectivity index (χ3v) is 2.38. The van der Waals surface area contributed by atoms with E-state index in [-0.39, 0.29) is 19.1 Å². The van der Waals surface area contributed by atoms with E-state index in [4.69, 9.17) is 9.84 Å². The third-order valence-electron chi connectivity index (χ3n) is 2.38. The number of amides is 1. The molecule has 5 heteroatoms. The Morgan fingerprint density at radius 2 is 2.16 bits per heavy atom. The lowest BCUT2D eigenvalue weighted by Crippen LogP contribution is -2.20. The molecule has 2 rings (SSSR count). The summed E-state index contributed by atoms with van der Waals surface area (Å²) in [7, 11) is 0. The summed E-state index contributed by atoms with van der Waals surface area (Å²) in [4.78, 5) is 15.6. The summed E-state index contributed by atoms with van der Waals surface area (Å²) < 4.78 is 5.33. The van der Waals surface area contributed by atoms with Gasteiger partial charge in [0.2, 0.25) is 0 Å². The molecule has 98 valence electrons. The minimum absolute atomic E-state index is 0.0582. The largest absolute Gasteiger partial charge is 0.484 e. The summed E-state index contributed by atoms with van der Waals surface area (Å²) in [6, 6.07) is 12.2. The van der Waals surface area contributed by atoms with E-state index in [1.807, 2.05) is 0 Å². The highest BCUT2D eigenvalue weighted by Gasteiger charge is 2.04. The lowest BCUT2D eigenvalue weighted by Gasteiger charge is -2.07. The molecular formula is C14H14N2O3. The quantitative estimate of drug-likeness (QED) is 0.854. The zero-order valence-electron chi connectivity index (χ0n) is 10.2. The van der Waals surface area contributed by atoms with Gasteiger partial charge in [-0.15, -0.1) is 0 Å². The number of aromatic nitrogens is 1. The van der Waals surface area contributed by atoms with Crippen molar-refractivity contribution in [1.29, 1.82) is 0 Å². The number of hydrogen-bond donors (Lipinski definition) is 2. The van der Waals surface area contributed by atoms with Crippen molar-refractivity contribution in [2.45, 2.75) is 6.61 Å². The van der Waals surface area contributed by atoms with Gasteiger partial charge in [0.1, 0.15) is 11.6 Å². The van der Waals surface area contributed by atoms with Gasteiger partial charge in [0, 0.05) is 6.20 Å². The van der Waals surface area contributed by atoms with E-state index in [2.05, 4.69) is 10.3 Å². The number of aliphatic hydroxyl groups excluding tert-OH is 1. The fourth-order valence-corrected chi connectivity index (χ4v) is 1.50. The highest BCUT2D eigenvalue weighted by molar-refractivity contribution is 5.90. The maximum atomic E-state index is 11.6. The Balaban J connectivity index is 1.86. The first-order valence-electron chi connectivity index (χ1n) is 5.81. The third kappa shape index (κ3) is 4.08. The Labute approximate surface area is 110 Å². The topological polar surface area (TPSA) is 71.5 Å². The molecule has 2 N–H and O–H groups in total.